The van der Waals surface area contributed by atoms with Crippen LogP contribution in [0.3, 0.4) is 0 Å². The van der Waals surface area contributed by atoms with Gasteiger partial charge in [-0.2, -0.15) is 9.40 Å². The molecule has 0 saturated carbocycles. The summed E-state index contributed by atoms with van der Waals surface area (Å²) in [5.41, 5.74) is 1.69. The molecule has 0 spiro atoms. The minimum atomic E-state index is -3.70. The van der Waals surface area contributed by atoms with Gasteiger partial charge in [-0.3, -0.25) is 0 Å². The smallest absolute Gasteiger partial charge is 0.241 e. The number of benzene rings is 2. The number of sulfonamides is 1. The van der Waals surface area contributed by atoms with Gasteiger partial charge in [0, 0.05) is 29.8 Å². The second kappa shape index (κ2) is 7.29. The van der Waals surface area contributed by atoms with Crippen LogP contribution >= 0.6 is 27.5 Å². The van der Waals surface area contributed by atoms with Gasteiger partial charge in [-0.25, -0.2) is 13.1 Å². The van der Waals surface area contributed by atoms with Crippen LogP contribution in [0.2, 0.25) is 5.02 Å². The van der Waals surface area contributed by atoms with Crippen molar-refractivity contribution in [3.8, 4) is 5.69 Å². The molecule has 8 heteroatoms. The predicted molar refractivity (Wildman–Crippen MR) is 101 cm³/mol. The van der Waals surface area contributed by atoms with Crippen LogP contribution in [0.1, 0.15) is 5.56 Å². The Bertz CT molecular complexity index is 990. The third kappa shape index (κ3) is 3.95. The molecule has 0 amide bonds. The Hall–Kier alpha value is -1.67. The maximum atomic E-state index is 12.7. The van der Waals surface area contributed by atoms with E-state index in [2.05, 4.69) is 21.0 Å². The fourth-order valence-corrected chi connectivity index (χ4v) is 4.52. The van der Waals surface area contributed by atoms with Crippen LogP contribution in [0.25, 0.3) is 5.69 Å². The summed E-state index contributed by atoms with van der Waals surface area (Å²) in [5.74, 6) is 0. The molecular weight excluding hydrogens is 426 g/mol. The lowest BCUT2D eigenvalue weighted by Crippen LogP contribution is -2.26. The summed E-state index contributed by atoms with van der Waals surface area (Å²) in [4.78, 5) is 0.0790. The van der Waals surface area contributed by atoms with Crippen LogP contribution in [-0.4, -0.2) is 29.6 Å². The molecule has 1 heterocycles. The Morgan fingerprint density at radius 1 is 1.20 bits per heavy atom. The van der Waals surface area contributed by atoms with E-state index < -0.39 is 10.0 Å². The maximum Gasteiger partial charge on any atom is 0.244 e. The molecule has 2 aromatic carbocycles. The maximum absolute atomic E-state index is 12.7. The summed E-state index contributed by atoms with van der Waals surface area (Å²) in [5, 5.41) is 4.47. The third-order valence-corrected chi connectivity index (χ3v) is 6.42. The van der Waals surface area contributed by atoms with E-state index >= 15 is 0 Å². The van der Waals surface area contributed by atoms with E-state index in [1.807, 2.05) is 36.5 Å². The van der Waals surface area contributed by atoms with Gasteiger partial charge >= 0.3 is 0 Å². The lowest BCUT2D eigenvalue weighted by atomic mass is 10.3. The van der Waals surface area contributed by atoms with Crippen molar-refractivity contribution in [3.05, 3.63) is 76.0 Å². The first-order valence-electron chi connectivity index (χ1n) is 7.38. The number of hydrogen-bond donors (Lipinski definition) is 0. The van der Waals surface area contributed by atoms with Crippen molar-refractivity contribution in [1.29, 1.82) is 0 Å². The Morgan fingerprint density at radius 3 is 2.60 bits per heavy atom. The van der Waals surface area contributed by atoms with Crippen LogP contribution in [0.5, 0.6) is 0 Å². The summed E-state index contributed by atoms with van der Waals surface area (Å²) in [6.45, 7) is 0.196. The van der Waals surface area contributed by atoms with Crippen LogP contribution in [-0.2, 0) is 16.6 Å². The molecule has 0 saturated heterocycles. The summed E-state index contributed by atoms with van der Waals surface area (Å²) in [6, 6.07) is 14.3. The molecule has 130 valence electrons. The van der Waals surface area contributed by atoms with Gasteiger partial charge in [0.1, 0.15) is 4.90 Å². The van der Waals surface area contributed by atoms with E-state index in [4.69, 9.17) is 11.6 Å². The molecular formula is C17H15BrClN3O2S. The molecule has 3 rings (SSSR count). The molecule has 0 fully saturated rings. The fourth-order valence-electron chi connectivity index (χ4n) is 2.36. The summed E-state index contributed by atoms with van der Waals surface area (Å²) in [7, 11) is -2.18. The first-order valence-corrected chi connectivity index (χ1v) is 9.99. The zero-order valence-electron chi connectivity index (χ0n) is 13.3. The molecule has 0 N–H and O–H groups in total. The third-order valence-electron chi connectivity index (χ3n) is 3.64. The number of rotatable bonds is 5. The predicted octanol–water partition coefficient (Wildman–Crippen LogP) is 4.11. The monoisotopic (exact) mass is 439 g/mol. The minimum absolute atomic E-state index is 0.0790. The molecule has 3 aromatic rings. The first kappa shape index (κ1) is 18.1. The Kier molecular flexibility index (Phi) is 5.29. The Morgan fingerprint density at radius 2 is 1.92 bits per heavy atom. The number of halogens is 2. The average Bonchev–Trinajstić information content (AvgIpc) is 3.04. The van der Waals surface area contributed by atoms with E-state index in [0.29, 0.717) is 0 Å². The highest BCUT2D eigenvalue weighted by molar-refractivity contribution is 9.10. The lowest BCUT2D eigenvalue weighted by Gasteiger charge is -2.17. The van der Waals surface area contributed by atoms with Gasteiger partial charge in [-0.1, -0.05) is 45.7 Å². The molecule has 25 heavy (non-hydrogen) atoms. The van der Waals surface area contributed by atoms with E-state index in [0.717, 1.165) is 15.7 Å². The topological polar surface area (TPSA) is 55.2 Å². The van der Waals surface area contributed by atoms with E-state index in [9.17, 15) is 8.42 Å². The SMILES string of the molecule is CN(Cc1cnn(-c2ccccc2)c1)S(=O)(=O)c1ccc(Br)cc1Cl. The van der Waals surface area contributed by atoms with Crippen LogP contribution in [0.15, 0.2) is 70.3 Å². The summed E-state index contributed by atoms with van der Waals surface area (Å²) in [6.07, 6.45) is 3.47. The quantitative estimate of drug-likeness (QED) is 0.600. The number of hydrogen-bond acceptors (Lipinski definition) is 3. The largest absolute Gasteiger partial charge is 0.244 e. The zero-order chi connectivity index (χ0) is 18.0. The molecule has 0 aliphatic heterocycles. The second-order valence-electron chi connectivity index (χ2n) is 5.46. The zero-order valence-corrected chi connectivity index (χ0v) is 16.5. The van der Waals surface area contributed by atoms with Crippen molar-refractivity contribution in [1.82, 2.24) is 14.1 Å². The molecule has 0 aliphatic rings. The van der Waals surface area contributed by atoms with Gasteiger partial charge in [0.05, 0.1) is 16.9 Å². The molecule has 0 bridgehead atoms. The summed E-state index contributed by atoms with van der Waals surface area (Å²) >= 11 is 9.37. The molecule has 0 atom stereocenters. The van der Waals surface area contributed by atoms with E-state index in [1.165, 1.54) is 17.4 Å². The van der Waals surface area contributed by atoms with Crippen molar-refractivity contribution < 1.29 is 8.42 Å². The molecule has 0 radical (unpaired) electrons. The number of para-hydroxylation sites is 1. The Balaban J connectivity index is 1.82. The van der Waals surface area contributed by atoms with Crippen molar-refractivity contribution in [3.63, 3.8) is 0 Å². The van der Waals surface area contributed by atoms with Gasteiger partial charge in [-0.15, -0.1) is 0 Å². The second-order valence-corrected chi connectivity index (χ2v) is 8.80. The minimum Gasteiger partial charge on any atom is -0.241 e. The van der Waals surface area contributed by atoms with Gasteiger partial charge < -0.3 is 0 Å². The highest BCUT2D eigenvalue weighted by atomic mass is 79.9. The van der Waals surface area contributed by atoms with Crippen molar-refractivity contribution in [2.24, 2.45) is 0 Å². The highest BCUT2D eigenvalue weighted by Crippen LogP contribution is 2.27. The standard InChI is InChI=1S/C17H15BrClN3O2S/c1-21(25(23,24)17-8-7-14(18)9-16(17)19)11-13-10-20-22(12-13)15-5-3-2-4-6-15/h2-10,12H,11H2,1H3. The van der Waals surface area contributed by atoms with Gasteiger partial charge in [0.2, 0.25) is 10.0 Å². The van der Waals surface area contributed by atoms with Crippen molar-refractivity contribution in [2.45, 2.75) is 11.4 Å². The van der Waals surface area contributed by atoms with Crippen molar-refractivity contribution in [2.75, 3.05) is 7.05 Å². The molecule has 5 nitrogen and oxygen atoms in total. The Labute approximate surface area is 160 Å². The van der Waals surface area contributed by atoms with Gasteiger partial charge in [0.15, 0.2) is 0 Å². The van der Waals surface area contributed by atoms with Crippen LogP contribution in [0, 0.1) is 0 Å². The lowest BCUT2D eigenvalue weighted by molar-refractivity contribution is 0.467. The fraction of sp³-hybridized carbons (Fsp3) is 0.118. The number of aromatic nitrogens is 2. The van der Waals surface area contributed by atoms with Gasteiger partial charge in [0.25, 0.3) is 0 Å². The first-order chi connectivity index (χ1) is 11.9. The highest BCUT2D eigenvalue weighted by Gasteiger charge is 2.24. The molecule has 1 aromatic heterocycles. The average molecular weight is 441 g/mol. The van der Waals surface area contributed by atoms with E-state index in [1.54, 1.807) is 23.0 Å². The van der Waals surface area contributed by atoms with Crippen LogP contribution < -0.4 is 0 Å². The molecule has 0 aliphatic carbocycles. The van der Waals surface area contributed by atoms with Crippen molar-refractivity contribution >= 4 is 37.6 Å². The summed E-state index contributed by atoms with van der Waals surface area (Å²) < 4.78 is 29.2. The van der Waals surface area contributed by atoms with Crippen LogP contribution in [0.4, 0.5) is 0 Å². The molecule has 0 unspecified atom stereocenters. The van der Waals surface area contributed by atoms with Gasteiger partial charge in [-0.05, 0) is 30.3 Å². The van der Waals surface area contributed by atoms with E-state index in [-0.39, 0.29) is 16.5 Å². The normalized spacial score (nSPS) is 11.8. The number of nitrogens with zero attached hydrogens (tertiary/aromatic N) is 3.